The fraction of sp³-hybridized carbons (Fsp3) is 0.619. The van der Waals surface area contributed by atoms with Gasteiger partial charge in [0.2, 0.25) is 5.91 Å². The van der Waals surface area contributed by atoms with Crippen LogP contribution in [0.15, 0.2) is 18.2 Å². The molecule has 4 saturated carbocycles. The Labute approximate surface area is 164 Å². The van der Waals surface area contributed by atoms with E-state index in [0.29, 0.717) is 34.1 Å². The topological polar surface area (TPSA) is 64.6 Å². The first-order valence-electron chi connectivity index (χ1n) is 9.74. The number of methoxy groups -OCH3 is 1. The van der Waals surface area contributed by atoms with Crippen molar-refractivity contribution >= 4 is 23.5 Å². The van der Waals surface area contributed by atoms with E-state index in [4.69, 9.17) is 21.1 Å². The highest BCUT2D eigenvalue weighted by Crippen LogP contribution is 2.60. The maximum Gasteiger partial charge on any atom is 0.325 e. The van der Waals surface area contributed by atoms with Crippen molar-refractivity contribution in [1.29, 1.82) is 0 Å². The molecule has 0 aromatic heterocycles. The van der Waals surface area contributed by atoms with Gasteiger partial charge in [0.15, 0.2) is 0 Å². The van der Waals surface area contributed by atoms with Gasteiger partial charge in [0.05, 0.1) is 7.11 Å². The maximum atomic E-state index is 12.9. The Morgan fingerprint density at radius 3 is 2.37 bits per heavy atom. The number of esters is 1. The van der Waals surface area contributed by atoms with Crippen molar-refractivity contribution in [2.75, 3.05) is 13.7 Å². The van der Waals surface area contributed by atoms with Crippen molar-refractivity contribution in [3.63, 3.8) is 0 Å². The monoisotopic (exact) mass is 391 g/mol. The second-order valence-electron chi connectivity index (χ2n) is 8.50. The number of benzene rings is 1. The summed E-state index contributed by atoms with van der Waals surface area (Å²) >= 11 is 5.99. The van der Waals surface area contributed by atoms with Crippen molar-refractivity contribution in [2.24, 2.45) is 23.2 Å². The average molecular weight is 392 g/mol. The van der Waals surface area contributed by atoms with Crippen molar-refractivity contribution in [3.8, 4) is 5.75 Å². The zero-order valence-corrected chi connectivity index (χ0v) is 16.4. The van der Waals surface area contributed by atoms with Crippen molar-refractivity contribution in [1.82, 2.24) is 5.32 Å². The van der Waals surface area contributed by atoms with E-state index in [0.717, 1.165) is 19.3 Å². The van der Waals surface area contributed by atoms with Gasteiger partial charge in [-0.1, -0.05) is 11.6 Å². The number of carbonyl (C=O) groups is 2. The summed E-state index contributed by atoms with van der Waals surface area (Å²) in [6.07, 6.45) is 6.82. The molecule has 146 valence electrons. The number of halogens is 1. The molecular weight excluding hydrogens is 366 g/mol. The van der Waals surface area contributed by atoms with Gasteiger partial charge >= 0.3 is 5.97 Å². The number of carbonyl (C=O) groups excluding carboxylic acids is 2. The van der Waals surface area contributed by atoms with Crippen molar-refractivity contribution in [2.45, 2.75) is 45.1 Å². The van der Waals surface area contributed by atoms with Crippen LogP contribution in [-0.2, 0) is 20.9 Å². The van der Waals surface area contributed by atoms with Crippen LogP contribution in [0, 0.1) is 23.2 Å². The molecule has 4 fully saturated rings. The first kappa shape index (κ1) is 18.6. The molecule has 1 aromatic rings. The summed E-state index contributed by atoms with van der Waals surface area (Å²) in [6, 6.07) is 5.17. The van der Waals surface area contributed by atoms with E-state index in [9.17, 15) is 9.59 Å². The third kappa shape index (κ3) is 3.79. The first-order valence-corrected chi connectivity index (χ1v) is 10.1. The van der Waals surface area contributed by atoms with Gasteiger partial charge in [-0.25, -0.2) is 0 Å². The lowest BCUT2D eigenvalue weighted by Crippen LogP contribution is -2.54. The highest BCUT2D eigenvalue weighted by atomic mass is 35.5. The summed E-state index contributed by atoms with van der Waals surface area (Å²) in [5.74, 6) is 2.30. The lowest BCUT2D eigenvalue weighted by molar-refractivity contribution is -0.151. The summed E-state index contributed by atoms with van der Waals surface area (Å²) in [4.78, 5) is 25.0. The molecule has 6 heteroatoms. The molecule has 1 amide bonds. The summed E-state index contributed by atoms with van der Waals surface area (Å²) < 4.78 is 10.6. The molecule has 4 bridgehead atoms. The number of ether oxygens (including phenoxy) is 2. The fourth-order valence-electron chi connectivity index (χ4n) is 5.80. The van der Waals surface area contributed by atoms with Crippen LogP contribution in [0.5, 0.6) is 5.75 Å². The van der Waals surface area contributed by atoms with Gasteiger partial charge in [0, 0.05) is 16.0 Å². The second kappa shape index (κ2) is 7.34. The van der Waals surface area contributed by atoms with Crippen LogP contribution in [0.4, 0.5) is 0 Å². The molecule has 0 spiro atoms. The number of hydrogen-bond donors (Lipinski definition) is 1. The molecule has 0 heterocycles. The summed E-state index contributed by atoms with van der Waals surface area (Å²) in [6.45, 7) is -0.0285. The fourth-order valence-corrected chi connectivity index (χ4v) is 5.99. The maximum absolute atomic E-state index is 12.9. The molecule has 0 aliphatic heterocycles. The molecule has 5 nitrogen and oxygen atoms in total. The van der Waals surface area contributed by atoms with Crippen LogP contribution in [-0.4, -0.2) is 25.5 Å². The Balaban J connectivity index is 1.30. The van der Waals surface area contributed by atoms with E-state index in [1.165, 1.54) is 19.3 Å². The van der Waals surface area contributed by atoms with Gasteiger partial charge in [-0.15, -0.1) is 0 Å². The largest absolute Gasteiger partial charge is 0.496 e. The lowest BCUT2D eigenvalue weighted by atomic mass is 9.49. The Kier molecular flexibility index (Phi) is 5.06. The van der Waals surface area contributed by atoms with Crippen LogP contribution in [0.2, 0.25) is 5.02 Å². The Bertz CT molecular complexity index is 712. The third-order valence-electron chi connectivity index (χ3n) is 6.54. The van der Waals surface area contributed by atoms with E-state index in [1.807, 2.05) is 0 Å². The van der Waals surface area contributed by atoms with Gasteiger partial charge < -0.3 is 14.8 Å². The molecule has 1 aromatic carbocycles. The van der Waals surface area contributed by atoms with E-state index in [1.54, 1.807) is 25.3 Å². The molecule has 5 rings (SSSR count). The molecule has 27 heavy (non-hydrogen) atoms. The Hall–Kier alpha value is -1.75. The first-order chi connectivity index (χ1) is 13.0. The van der Waals surface area contributed by atoms with Crippen LogP contribution in [0.1, 0.15) is 44.1 Å². The number of nitrogens with one attached hydrogen (secondary N) is 1. The SMILES string of the molecule is COc1ccc(Cl)cc1COC(=O)CNC(=O)C12CC3CC(CC(C3)C1)C2. The van der Waals surface area contributed by atoms with Gasteiger partial charge in [-0.05, 0) is 74.5 Å². The third-order valence-corrected chi connectivity index (χ3v) is 6.78. The zero-order valence-electron chi connectivity index (χ0n) is 15.6. The van der Waals surface area contributed by atoms with Crippen LogP contribution < -0.4 is 10.1 Å². The van der Waals surface area contributed by atoms with Crippen molar-refractivity contribution < 1.29 is 19.1 Å². The van der Waals surface area contributed by atoms with E-state index in [2.05, 4.69) is 5.32 Å². The summed E-state index contributed by atoms with van der Waals surface area (Å²) in [5, 5.41) is 3.40. The minimum atomic E-state index is -0.449. The zero-order chi connectivity index (χ0) is 19.0. The van der Waals surface area contributed by atoms with E-state index < -0.39 is 5.97 Å². The molecule has 1 N–H and O–H groups in total. The minimum absolute atomic E-state index is 0.0406. The van der Waals surface area contributed by atoms with Gasteiger partial charge in [0.25, 0.3) is 0 Å². The molecule has 0 radical (unpaired) electrons. The molecule has 0 atom stereocenters. The standard InChI is InChI=1S/C21H26ClNO4/c1-26-18-3-2-17(22)7-16(18)12-27-19(24)11-23-20(25)21-8-13-4-14(9-21)6-15(5-13)10-21/h2-3,7,13-15H,4-6,8-12H2,1H3,(H,23,25). The van der Waals surface area contributed by atoms with Gasteiger partial charge in [0.1, 0.15) is 18.9 Å². The van der Waals surface area contributed by atoms with Crippen LogP contribution >= 0.6 is 11.6 Å². The Morgan fingerprint density at radius 1 is 1.15 bits per heavy atom. The minimum Gasteiger partial charge on any atom is -0.496 e. The lowest BCUT2D eigenvalue weighted by Gasteiger charge is -2.55. The Morgan fingerprint density at radius 2 is 1.78 bits per heavy atom. The van der Waals surface area contributed by atoms with Crippen LogP contribution in [0.25, 0.3) is 0 Å². The number of amides is 1. The highest BCUT2D eigenvalue weighted by Gasteiger charge is 2.54. The normalized spacial score (nSPS) is 30.8. The average Bonchev–Trinajstić information content (AvgIpc) is 2.63. The molecule has 4 aliphatic carbocycles. The molecule has 0 saturated heterocycles. The number of rotatable bonds is 6. The molecular formula is C21H26ClNO4. The summed E-state index contributed by atoms with van der Waals surface area (Å²) in [7, 11) is 1.56. The van der Waals surface area contributed by atoms with E-state index >= 15 is 0 Å². The van der Waals surface area contributed by atoms with E-state index in [-0.39, 0.29) is 24.5 Å². The molecule has 4 aliphatic rings. The van der Waals surface area contributed by atoms with Crippen molar-refractivity contribution in [3.05, 3.63) is 28.8 Å². The highest BCUT2D eigenvalue weighted by molar-refractivity contribution is 6.30. The van der Waals surface area contributed by atoms with Gasteiger partial charge in [-0.2, -0.15) is 0 Å². The quantitative estimate of drug-likeness (QED) is 0.750. The predicted octanol–water partition coefficient (Wildman–Crippen LogP) is 3.72. The predicted molar refractivity (Wildman–Crippen MR) is 101 cm³/mol. The van der Waals surface area contributed by atoms with Crippen LogP contribution in [0.3, 0.4) is 0 Å². The second-order valence-corrected chi connectivity index (χ2v) is 8.93. The van der Waals surface area contributed by atoms with Gasteiger partial charge in [-0.3, -0.25) is 9.59 Å². The smallest absolute Gasteiger partial charge is 0.325 e. The summed E-state index contributed by atoms with van der Waals surface area (Å²) in [5.41, 5.74) is 0.455. The number of hydrogen-bond acceptors (Lipinski definition) is 4. The molecule has 0 unspecified atom stereocenters.